The van der Waals surface area contributed by atoms with E-state index in [0.717, 1.165) is 83.5 Å². The van der Waals surface area contributed by atoms with Gasteiger partial charge in [-0.3, -0.25) is 23.4 Å². The molecule has 0 aliphatic heterocycles. The summed E-state index contributed by atoms with van der Waals surface area (Å²) in [5.41, 5.74) is 0. The number of unbranched alkanes of at least 4 members (excludes halogenated alkanes) is 22. The lowest BCUT2D eigenvalue weighted by atomic mass is 10.1. The van der Waals surface area contributed by atoms with Crippen LogP contribution in [0.25, 0.3) is 0 Å². The fraction of sp³-hybridized carbons (Fsp3) is 0.848. The predicted molar refractivity (Wildman–Crippen MR) is 233 cm³/mol. The summed E-state index contributed by atoms with van der Waals surface area (Å²) in [4.78, 5) is 47.9. The zero-order chi connectivity index (χ0) is 42.8. The highest BCUT2D eigenvalue weighted by molar-refractivity contribution is 7.47. The van der Waals surface area contributed by atoms with Gasteiger partial charge in [0, 0.05) is 19.3 Å². The second kappa shape index (κ2) is 41.7. The number of rotatable bonds is 43. The molecule has 0 aromatic heterocycles. The Labute approximate surface area is 353 Å². The Bertz CT molecular complexity index is 1080. The Balaban J connectivity index is 4.74. The van der Waals surface area contributed by atoms with Gasteiger partial charge in [-0.25, -0.2) is 4.57 Å². The van der Waals surface area contributed by atoms with E-state index in [-0.39, 0.29) is 25.9 Å². The van der Waals surface area contributed by atoms with Gasteiger partial charge >= 0.3 is 25.7 Å². The van der Waals surface area contributed by atoms with Crippen LogP contribution in [0.1, 0.15) is 213 Å². The fourth-order valence-corrected chi connectivity index (χ4v) is 7.06. The lowest BCUT2D eigenvalue weighted by Gasteiger charge is -2.21. The molecule has 0 amide bonds. The first kappa shape index (κ1) is 56.0. The summed E-state index contributed by atoms with van der Waals surface area (Å²) in [7, 11) is -4.72. The van der Waals surface area contributed by atoms with Crippen LogP contribution in [-0.2, 0) is 42.2 Å². The number of allylic oxidation sites excluding steroid dienone is 4. The van der Waals surface area contributed by atoms with Crippen LogP contribution < -0.4 is 0 Å². The second-order valence-electron chi connectivity index (χ2n) is 15.6. The normalized spacial score (nSPS) is 13.8. The van der Waals surface area contributed by atoms with E-state index >= 15 is 0 Å². The van der Waals surface area contributed by atoms with E-state index in [4.69, 9.17) is 23.3 Å². The summed E-state index contributed by atoms with van der Waals surface area (Å²) in [5.74, 6) is -1.48. The van der Waals surface area contributed by atoms with Crippen LogP contribution in [0.3, 0.4) is 0 Å². The highest BCUT2D eigenvalue weighted by atomic mass is 31.2. The molecule has 0 bridgehead atoms. The Morgan fingerprint density at radius 3 is 1.34 bits per heavy atom. The molecule has 0 saturated heterocycles. The van der Waals surface area contributed by atoms with E-state index in [1.165, 1.54) is 70.6 Å². The van der Waals surface area contributed by atoms with Crippen molar-refractivity contribution in [2.45, 2.75) is 226 Å². The Morgan fingerprint density at radius 1 is 0.483 bits per heavy atom. The number of aliphatic hydroxyl groups excluding tert-OH is 1. The third-order valence-electron chi connectivity index (χ3n) is 9.86. The van der Waals surface area contributed by atoms with Crippen LogP contribution in [-0.4, -0.2) is 66.5 Å². The molecule has 3 unspecified atom stereocenters. The topological polar surface area (TPSA) is 155 Å². The smallest absolute Gasteiger partial charge is 0.462 e. The number of phosphoric ester groups is 1. The standard InChI is InChI=1S/C46H85O11P/c1-4-7-10-13-16-19-20-21-22-25-26-29-32-35-44(48)53-39-43(57-46(50)37-34-31-28-24-18-15-12-9-6-3)41-55-58(51,52)54-40-42(38-47)56-45(49)36-33-30-27-23-17-14-11-8-5-2/h10,13,19-20,42-43,47H,4-9,11-12,14-18,21-41H2,1-3H3,(H,51,52)/b13-10-,20-19-. The molecule has 340 valence electrons. The molecule has 58 heavy (non-hydrogen) atoms. The highest BCUT2D eigenvalue weighted by Crippen LogP contribution is 2.43. The largest absolute Gasteiger partial charge is 0.472 e. The minimum absolute atomic E-state index is 0.169. The fourth-order valence-electron chi connectivity index (χ4n) is 6.28. The van der Waals surface area contributed by atoms with Crippen LogP contribution in [0.5, 0.6) is 0 Å². The van der Waals surface area contributed by atoms with Crippen molar-refractivity contribution in [1.82, 2.24) is 0 Å². The number of hydrogen-bond acceptors (Lipinski definition) is 10. The van der Waals surface area contributed by atoms with Crippen LogP contribution in [0.15, 0.2) is 24.3 Å². The van der Waals surface area contributed by atoms with Crippen molar-refractivity contribution < 1.29 is 52.2 Å². The highest BCUT2D eigenvalue weighted by Gasteiger charge is 2.28. The minimum atomic E-state index is -4.72. The number of ether oxygens (including phenoxy) is 3. The van der Waals surface area contributed by atoms with E-state index in [0.29, 0.717) is 19.3 Å². The van der Waals surface area contributed by atoms with Crippen LogP contribution in [0.2, 0.25) is 0 Å². The summed E-state index contributed by atoms with van der Waals surface area (Å²) < 4.78 is 39.1. The molecular weight excluding hydrogens is 759 g/mol. The minimum Gasteiger partial charge on any atom is -0.462 e. The van der Waals surface area contributed by atoms with Gasteiger partial charge in [0.25, 0.3) is 0 Å². The number of esters is 3. The SMILES string of the molecule is CCC/C=C\C/C=C\CCCCCCCC(=O)OCC(COP(=O)(O)OCC(CO)OC(=O)CCCCCCCCCCC)OC(=O)CCCCCCCCCCC. The van der Waals surface area contributed by atoms with Crippen molar-refractivity contribution in [3.8, 4) is 0 Å². The Morgan fingerprint density at radius 2 is 0.879 bits per heavy atom. The molecule has 0 aliphatic rings. The van der Waals surface area contributed by atoms with Gasteiger partial charge in [-0.1, -0.05) is 173 Å². The maximum absolute atomic E-state index is 12.7. The Kier molecular flexibility index (Phi) is 40.2. The lowest BCUT2D eigenvalue weighted by molar-refractivity contribution is -0.161. The first-order chi connectivity index (χ1) is 28.2. The average Bonchev–Trinajstić information content (AvgIpc) is 3.20. The third kappa shape index (κ3) is 39.4. The molecule has 0 aromatic carbocycles. The molecule has 0 aliphatic carbocycles. The zero-order valence-electron chi connectivity index (χ0n) is 37.0. The van der Waals surface area contributed by atoms with Gasteiger partial charge in [0.2, 0.25) is 0 Å². The van der Waals surface area contributed by atoms with Crippen molar-refractivity contribution in [2.24, 2.45) is 0 Å². The summed E-state index contributed by atoms with van der Waals surface area (Å²) >= 11 is 0. The van der Waals surface area contributed by atoms with Crippen molar-refractivity contribution in [3.05, 3.63) is 24.3 Å². The summed E-state index contributed by atoms with van der Waals surface area (Å²) in [6.07, 6.45) is 36.0. The number of carbonyl (C=O) groups is 3. The molecule has 0 saturated carbocycles. The number of carbonyl (C=O) groups excluding carboxylic acids is 3. The van der Waals surface area contributed by atoms with Crippen molar-refractivity contribution in [2.75, 3.05) is 26.4 Å². The third-order valence-corrected chi connectivity index (χ3v) is 10.8. The van der Waals surface area contributed by atoms with Gasteiger partial charge in [-0.2, -0.15) is 0 Å². The first-order valence-corrected chi connectivity index (χ1v) is 24.7. The van der Waals surface area contributed by atoms with E-state index in [2.05, 4.69) is 45.1 Å². The molecule has 12 heteroatoms. The van der Waals surface area contributed by atoms with Gasteiger partial charge in [-0.05, 0) is 44.9 Å². The van der Waals surface area contributed by atoms with Crippen molar-refractivity contribution in [3.63, 3.8) is 0 Å². The lowest BCUT2D eigenvalue weighted by Crippen LogP contribution is -2.30. The average molecular weight is 845 g/mol. The number of phosphoric acid groups is 1. The van der Waals surface area contributed by atoms with E-state index < -0.39 is 57.8 Å². The van der Waals surface area contributed by atoms with E-state index in [9.17, 15) is 28.9 Å². The Hall–Kier alpha value is -2.04. The van der Waals surface area contributed by atoms with Gasteiger partial charge < -0.3 is 24.2 Å². The summed E-state index contributed by atoms with van der Waals surface area (Å²) in [6.45, 7) is 4.49. The van der Waals surface area contributed by atoms with Crippen LogP contribution in [0, 0.1) is 0 Å². The molecule has 0 aromatic rings. The van der Waals surface area contributed by atoms with E-state index in [1.54, 1.807) is 0 Å². The quantitative estimate of drug-likeness (QED) is 0.0198. The molecule has 0 heterocycles. The molecular formula is C46H85O11P. The molecule has 3 atom stereocenters. The van der Waals surface area contributed by atoms with Gasteiger partial charge in [0.15, 0.2) is 6.10 Å². The molecule has 0 fully saturated rings. The molecule has 0 radical (unpaired) electrons. The van der Waals surface area contributed by atoms with Crippen LogP contribution >= 0.6 is 7.82 Å². The molecule has 2 N–H and O–H groups in total. The summed E-state index contributed by atoms with van der Waals surface area (Å²) in [5, 5.41) is 9.70. The summed E-state index contributed by atoms with van der Waals surface area (Å²) in [6, 6.07) is 0. The predicted octanol–water partition coefficient (Wildman–Crippen LogP) is 12.4. The number of hydrogen-bond donors (Lipinski definition) is 2. The monoisotopic (exact) mass is 845 g/mol. The molecule has 0 spiro atoms. The zero-order valence-corrected chi connectivity index (χ0v) is 37.9. The van der Waals surface area contributed by atoms with Crippen molar-refractivity contribution in [1.29, 1.82) is 0 Å². The van der Waals surface area contributed by atoms with Gasteiger partial charge in [-0.15, -0.1) is 0 Å². The molecule has 0 rings (SSSR count). The first-order valence-electron chi connectivity index (χ1n) is 23.2. The van der Waals surface area contributed by atoms with Crippen LogP contribution in [0.4, 0.5) is 0 Å². The van der Waals surface area contributed by atoms with Crippen molar-refractivity contribution >= 4 is 25.7 Å². The second-order valence-corrected chi connectivity index (χ2v) is 17.0. The maximum Gasteiger partial charge on any atom is 0.472 e. The molecule has 11 nitrogen and oxygen atoms in total. The van der Waals surface area contributed by atoms with Gasteiger partial charge in [0.05, 0.1) is 19.8 Å². The maximum atomic E-state index is 12.7. The number of aliphatic hydroxyl groups is 1. The van der Waals surface area contributed by atoms with Gasteiger partial charge in [0.1, 0.15) is 12.7 Å². The van der Waals surface area contributed by atoms with E-state index in [1.807, 2.05) is 0 Å².